The summed E-state index contributed by atoms with van der Waals surface area (Å²) in [6, 6.07) is 11.5. The number of benzene rings is 2. The number of carbonyl (C=O) groups is 1. The zero-order valence-corrected chi connectivity index (χ0v) is 21.0. The molecule has 190 valence electrons. The molecule has 1 unspecified atom stereocenters. The van der Waals surface area contributed by atoms with Crippen LogP contribution in [0.5, 0.6) is 0 Å². The van der Waals surface area contributed by atoms with E-state index in [-0.39, 0.29) is 29.9 Å². The summed E-state index contributed by atoms with van der Waals surface area (Å²) in [7, 11) is 9.21. The van der Waals surface area contributed by atoms with E-state index < -0.39 is 17.8 Å². The highest BCUT2D eigenvalue weighted by atomic mass is 19.3. The minimum Gasteiger partial charge on any atom is -0.388 e. The molecule has 0 spiro atoms. The molecule has 0 saturated carbocycles. The van der Waals surface area contributed by atoms with Crippen molar-refractivity contribution in [2.24, 2.45) is 5.92 Å². The molecule has 4 rings (SSSR count). The van der Waals surface area contributed by atoms with E-state index >= 15 is 0 Å². The molecule has 1 aliphatic rings. The van der Waals surface area contributed by atoms with Crippen molar-refractivity contribution in [3.63, 3.8) is 0 Å². The lowest BCUT2D eigenvalue weighted by atomic mass is 9.95. The standard InChI is InChI=1S/C25H25BF3N3O.C2H6O/c1-14(2)25(33)32-9-8-17(13-32)15-6-7-20-19(10-15)21(11-22(26)31-20)30-12-16-4-3-5-18(23(16)27)24(28)29;1-3-2/h3-7,10-11,14,17,24H,8-9,12-13H2,1-2H3,(H,30,31);1-2H3. The van der Waals surface area contributed by atoms with Gasteiger partial charge in [0.05, 0.1) is 11.1 Å². The maximum absolute atomic E-state index is 14.5. The van der Waals surface area contributed by atoms with Crippen LogP contribution >= 0.6 is 0 Å². The fraction of sp³-hybridized carbons (Fsp3) is 0.407. The zero-order valence-electron chi connectivity index (χ0n) is 21.0. The third-order valence-corrected chi connectivity index (χ3v) is 6.13. The number of anilines is 1. The van der Waals surface area contributed by atoms with Crippen molar-refractivity contribution in [3.8, 4) is 0 Å². The number of hydrogen-bond acceptors (Lipinski definition) is 4. The molecule has 3 aromatic rings. The largest absolute Gasteiger partial charge is 0.388 e. The van der Waals surface area contributed by atoms with Crippen molar-refractivity contribution < 1.29 is 22.7 Å². The van der Waals surface area contributed by atoms with Crippen molar-refractivity contribution in [1.82, 2.24) is 9.88 Å². The van der Waals surface area contributed by atoms with Gasteiger partial charge in [-0.15, -0.1) is 0 Å². The molecule has 1 fully saturated rings. The van der Waals surface area contributed by atoms with Crippen LogP contribution in [0.1, 0.15) is 49.3 Å². The van der Waals surface area contributed by atoms with Crippen molar-refractivity contribution in [2.75, 3.05) is 32.6 Å². The molecule has 1 aromatic heterocycles. The molecule has 2 radical (unpaired) electrons. The lowest BCUT2D eigenvalue weighted by Gasteiger charge is -2.19. The van der Waals surface area contributed by atoms with Crippen molar-refractivity contribution in [3.05, 3.63) is 65.0 Å². The van der Waals surface area contributed by atoms with Crippen LogP contribution in [0.15, 0.2) is 42.5 Å². The molecular weight excluding hydrogens is 466 g/mol. The molecule has 1 amide bonds. The molecule has 1 aliphatic heterocycles. The minimum absolute atomic E-state index is 0.0231. The summed E-state index contributed by atoms with van der Waals surface area (Å²) in [4.78, 5) is 18.6. The number of amides is 1. The van der Waals surface area contributed by atoms with Gasteiger partial charge < -0.3 is 15.0 Å². The van der Waals surface area contributed by atoms with Gasteiger partial charge in [0, 0.05) is 62.3 Å². The van der Waals surface area contributed by atoms with E-state index in [0.717, 1.165) is 30.0 Å². The average Bonchev–Trinajstić information content (AvgIpc) is 3.33. The molecular formula is C27H31BF3N3O2. The number of ether oxygens (including phenoxy) is 1. The Morgan fingerprint density at radius 1 is 1.22 bits per heavy atom. The second kappa shape index (κ2) is 12.3. The average molecular weight is 497 g/mol. The maximum atomic E-state index is 14.5. The molecule has 9 heteroatoms. The van der Waals surface area contributed by atoms with Crippen LogP contribution in [0.25, 0.3) is 10.9 Å². The highest BCUT2D eigenvalue weighted by Gasteiger charge is 2.28. The number of pyridine rings is 1. The van der Waals surface area contributed by atoms with Crippen molar-refractivity contribution in [2.45, 2.75) is 39.2 Å². The van der Waals surface area contributed by atoms with E-state index in [9.17, 15) is 18.0 Å². The Balaban J connectivity index is 0.00000115. The quantitative estimate of drug-likeness (QED) is 0.490. The van der Waals surface area contributed by atoms with Gasteiger partial charge in [0.25, 0.3) is 6.43 Å². The summed E-state index contributed by atoms with van der Waals surface area (Å²) in [5.74, 6) is -0.578. The van der Waals surface area contributed by atoms with Gasteiger partial charge >= 0.3 is 0 Å². The van der Waals surface area contributed by atoms with Gasteiger partial charge in [-0.3, -0.25) is 9.78 Å². The number of nitrogens with one attached hydrogen (secondary N) is 1. The topological polar surface area (TPSA) is 54.5 Å². The highest BCUT2D eigenvalue weighted by molar-refractivity contribution is 6.31. The first-order valence-corrected chi connectivity index (χ1v) is 11.8. The Labute approximate surface area is 211 Å². The first kappa shape index (κ1) is 27.5. The monoisotopic (exact) mass is 497 g/mol. The Hall–Kier alpha value is -3.07. The normalized spacial score (nSPS) is 15.4. The number of methoxy groups -OCH3 is 1. The van der Waals surface area contributed by atoms with E-state index in [2.05, 4.69) is 15.0 Å². The molecule has 1 saturated heterocycles. The van der Waals surface area contributed by atoms with Crippen LogP contribution in [-0.2, 0) is 16.1 Å². The highest BCUT2D eigenvalue weighted by Crippen LogP contribution is 2.32. The van der Waals surface area contributed by atoms with E-state index in [4.69, 9.17) is 7.85 Å². The number of likely N-dealkylation sites (tertiary alicyclic amines) is 1. The summed E-state index contributed by atoms with van der Waals surface area (Å²) in [5, 5.41) is 3.95. The Morgan fingerprint density at radius 2 is 1.94 bits per heavy atom. The molecule has 1 N–H and O–H groups in total. The SMILES string of the molecule is COC.[B]c1cc(NCc2cccc(C(F)F)c2F)c2cc(C3CCN(C(=O)C(C)C)C3)ccc2n1. The third kappa shape index (κ3) is 6.38. The molecule has 0 aliphatic carbocycles. The van der Waals surface area contributed by atoms with Crippen LogP contribution in [0, 0.1) is 11.7 Å². The summed E-state index contributed by atoms with van der Waals surface area (Å²) >= 11 is 0. The number of halogens is 3. The lowest BCUT2D eigenvalue weighted by Crippen LogP contribution is -2.31. The van der Waals surface area contributed by atoms with Gasteiger partial charge in [-0.1, -0.05) is 38.1 Å². The van der Waals surface area contributed by atoms with Crippen LogP contribution in [0.4, 0.5) is 18.9 Å². The Bertz CT molecular complexity index is 1210. The number of nitrogens with zero attached hydrogens (tertiary/aromatic N) is 2. The smallest absolute Gasteiger partial charge is 0.266 e. The van der Waals surface area contributed by atoms with Gasteiger partial charge in [-0.2, -0.15) is 0 Å². The second-order valence-corrected chi connectivity index (χ2v) is 9.18. The molecule has 0 bridgehead atoms. The lowest BCUT2D eigenvalue weighted by molar-refractivity contribution is -0.133. The molecule has 2 aromatic carbocycles. The summed E-state index contributed by atoms with van der Waals surface area (Å²) in [6.45, 7) is 5.22. The van der Waals surface area contributed by atoms with Gasteiger partial charge in [-0.05, 0) is 35.8 Å². The van der Waals surface area contributed by atoms with E-state index in [1.165, 1.54) is 12.1 Å². The number of hydrogen-bond donors (Lipinski definition) is 1. The number of fused-ring (bicyclic) bond motifs is 1. The molecule has 36 heavy (non-hydrogen) atoms. The number of aromatic nitrogens is 1. The fourth-order valence-corrected chi connectivity index (χ4v) is 4.36. The number of carbonyl (C=O) groups excluding carboxylic acids is 1. The van der Waals surface area contributed by atoms with Crippen LogP contribution in [0.2, 0.25) is 0 Å². The van der Waals surface area contributed by atoms with Gasteiger partial charge in [0.15, 0.2) is 0 Å². The fourth-order valence-electron chi connectivity index (χ4n) is 4.36. The van der Waals surface area contributed by atoms with Crippen molar-refractivity contribution >= 4 is 35.9 Å². The van der Waals surface area contributed by atoms with Crippen LogP contribution < -0.4 is 10.9 Å². The Kier molecular flexibility index (Phi) is 9.37. The van der Waals surface area contributed by atoms with Crippen molar-refractivity contribution in [1.29, 1.82) is 0 Å². The predicted molar refractivity (Wildman–Crippen MR) is 138 cm³/mol. The van der Waals surface area contributed by atoms with E-state index in [1.54, 1.807) is 20.3 Å². The number of rotatable bonds is 6. The first-order chi connectivity index (χ1) is 17.2. The van der Waals surface area contributed by atoms with Gasteiger partial charge in [0.1, 0.15) is 13.7 Å². The first-order valence-electron chi connectivity index (χ1n) is 11.8. The van der Waals surface area contributed by atoms with E-state index in [1.807, 2.05) is 36.9 Å². The summed E-state index contributed by atoms with van der Waals surface area (Å²) < 4.78 is 44.8. The van der Waals surface area contributed by atoms with Crippen LogP contribution in [0.3, 0.4) is 0 Å². The maximum Gasteiger partial charge on any atom is 0.266 e. The van der Waals surface area contributed by atoms with Crippen LogP contribution in [-0.4, -0.2) is 50.9 Å². The summed E-state index contributed by atoms with van der Waals surface area (Å²) in [5.41, 5.74) is 2.24. The Morgan fingerprint density at radius 3 is 2.61 bits per heavy atom. The molecule has 5 nitrogen and oxygen atoms in total. The zero-order chi connectivity index (χ0) is 26.4. The van der Waals surface area contributed by atoms with Gasteiger partial charge in [-0.25, -0.2) is 13.2 Å². The van der Waals surface area contributed by atoms with E-state index in [0.29, 0.717) is 23.3 Å². The second-order valence-electron chi connectivity index (χ2n) is 9.18. The number of alkyl halides is 2. The molecule has 1 atom stereocenters. The third-order valence-electron chi connectivity index (χ3n) is 6.13. The van der Waals surface area contributed by atoms with Gasteiger partial charge in [0.2, 0.25) is 5.91 Å². The summed E-state index contributed by atoms with van der Waals surface area (Å²) in [6.07, 6.45) is -2.00. The minimum atomic E-state index is -2.88. The molecule has 2 heterocycles. The predicted octanol–water partition coefficient (Wildman–Crippen LogP) is 4.95.